The Hall–Kier alpha value is -1.77. The first-order valence-electron chi connectivity index (χ1n) is 6.21. The monoisotopic (exact) mass is 302 g/mol. The zero-order valence-corrected chi connectivity index (χ0v) is 12.3. The molecule has 0 fully saturated rings. The Morgan fingerprint density at radius 3 is 2.55 bits per heavy atom. The minimum atomic E-state index is 0.586. The summed E-state index contributed by atoms with van der Waals surface area (Å²) in [5, 5.41) is 1.20. The lowest BCUT2D eigenvalue weighted by Gasteiger charge is -2.03. The molecule has 0 unspecified atom stereocenters. The van der Waals surface area contributed by atoms with E-state index in [4.69, 9.17) is 23.2 Å². The first-order chi connectivity index (χ1) is 9.65. The van der Waals surface area contributed by atoms with Gasteiger partial charge in [0, 0.05) is 16.1 Å². The molecule has 2 nitrogen and oxygen atoms in total. The van der Waals surface area contributed by atoms with E-state index in [0.717, 1.165) is 22.6 Å². The highest BCUT2D eigenvalue weighted by molar-refractivity contribution is 6.36. The summed E-state index contributed by atoms with van der Waals surface area (Å²) in [4.78, 5) is 7.72. The van der Waals surface area contributed by atoms with Gasteiger partial charge in [0.25, 0.3) is 0 Å². The molecule has 0 radical (unpaired) electrons. The van der Waals surface area contributed by atoms with Crippen molar-refractivity contribution in [1.29, 1.82) is 0 Å². The maximum Gasteiger partial charge on any atom is 0.139 e. The summed E-state index contributed by atoms with van der Waals surface area (Å²) in [5.74, 6) is 0.741. The van der Waals surface area contributed by atoms with Gasteiger partial charge in [-0.15, -0.1) is 0 Å². The van der Waals surface area contributed by atoms with Crippen LogP contribution in [-0.4, -0.2) is 9.97 Å². The number of nitrogens with one attached hydrogen (secondary N) is 1. The number of H-pyrrole nitrogens is 1. The fraction of sp³-hybridized carbons (Fsp3) is 0.0625. The third-order valence-electron chi connectivity index (χ3n) is 3.20. The quantitative estimate of drug-likeness (QED) is 0.678. The van der Waals surface area contributed by atoms with E-state index in [-0.39, 0.29) is 0 Å². The van der Waals surface area contributed by atoms with Crippen molar-refractivity contribution in [2.75, 3.05) is 0 Å². The molecule has 0 atom stereocenters. The Kier molecular flexibility index (Phi) is 3.51. The van der Waals surface area contributed by atoms with Crippen molar-refractivity contribution in [2.45, 2.75) is 6.92 Å². The SMILES string of the molecule is Cc1ccccc1-c1cnc(-c2ccc(Cl)cc2Cl)[nH]1. The number of nitrogens with zero attached hydrogens (tertiary/aromatic N) is 1. The zero-order valence-electron chi connectivity index (χ0n) is 10.8. The van der Waals surface area contributed by atoms with Crippen molar-refractivity contribution in [3.8, 4) is 22.6 Å². The Labute approximate surface area is 127 Å². The average molecular weight is 303 g/mol. The lowest BCUT2D eigenvalue weighted by Crippen LogP contribution is -1.84. The van der Waals surface area contributed by atoms with E-state index < -0.39 is 0 Å². The van der Waals surface area contributed by atoms with Crippen LogP contribution in [0.2, 0.25) is 10.0 Å². The Morgan fingerprint density at radius 1 is 1.00 bits per heavy atom. The number of benzene rings is 2. The van der Waals surface area contributed by atoms with Gasteiger partial charge in [-0.05, 0) is 30.7 Å². The van der Waals surface area contributed by atoms with Crippen molar-refractivity contribution in [2.24, 2.45) is 0 Å². The van der Waals surface area contributed by atoms with Crippen LogP contribution in [0.15, 0.2) is 48.7 Å². The maximum atomic E-state index is 6.21. The van der Waals surface area contributed by atoms with Crippen LogP contribution < -0.4 is 0 Å². The molecule has 100 valence electrons. The van der Waals surface area contributed by atoms with Gasteiger partial charge in [0.2, 0.25) is 0 Å². The Bertz CT molecular complexity index is 763. The molecule has 1 heterocycles. The van der Waals surface area contributed by atoms with Gasteiger partial charge < -0.3 is 4.98 Å². The van der Waals surface area contributed by atoms with Gasteiger partial charge in [0.05, 0.1) is 16.9 Å². The van der Waals surface area contributed by atoms with Crippen LogP contribution in [0.1, 0.15) is 5.56 Å². The molecule has 0 aliphatic carbocycles. The lowest BCUT2D eigenvalue weighted by molar-refractivity contribution is 1.31. The Balaban J connectivity index is 2.04. The van der Waals surface area contributed by atoms with Crippen molar-refractivity contribution in [3.05, 3.63) is 64.3 Å². The highest BCUT2D eigenvalue weighted by atomic mass is 35.5. The van der Waals surface area contributed by atoms with E-state index in [9.17, 15) is 0 Å². The molecule has 0 spiro atoms. The van der Waals surface area contributed by atoms with Crippen LogP contribution in [0.5, 0.6) is 0 Å². The molecule has 0 aliphatic heterocycles. The van der Waals surface area contributed by atoms with Gasteiger partial charge in [0.15, 0.2) is 0 Å². The molecule has 3 rings (SSSR count). The van der Waals surface area contributed by atoms with Gasteiger partial charge in [-0.3, -0.25) is 0 Å². The second-order valence-corrected chi connectivity index (χ2v) is 5.43. The summed E-state index contributed by atoms with van der Waals surface area (Å²) in [5.41, 5.74) is 4.15. The van der Waals surface area contributed by atoms with Gasteiger partial charge in [-0.2, -0.15) is 0 Å². The number of hydrogen-bond donors (Lipinski definition) is 1. The van der Waals surface area contributed by atoms with Gasteiger partial charge in [0.1, 0.15) is 5.82 Å². The van der Waals surface area contributed by atoms with Crippen molar-refractivity contribution >= 4 is 23.2 Å². The van der Waals surface area contributed by atoms with E-state index in [1.54, 1.807) is 12.1 Å². The molecule has 0 aliphatic rings. The minimum absolute atomic E-state index is 0.586. The van der Waals surface area contributed by atoms with E-state index in [0.29, 0.717) is 10.0 Å². The summed E-state index contributed by atoms with van der Waals surface area (Å²) >= 11 is 12.1. The Morgan fingerprint density at radius 2 is 1.80 bits per heavy atom. The molecule has 0 bridgehead atoms. The smallest absolute Gasteiger partial charge is 0.139 e. The van der Waals surface area contributed by atoms with Crippen LogP contribution in [0.25, 0.3) is 22.6 Å². The van der Waals surface area contributed by atoms with Gasteiger partial charge >= 0.3 is 0 Å². The topological polar surface area (TPSA) is 28.7 Å². The molecule has 0 amide bonds. The van der Waals surface area contributed by atoms with Crippen LogP contribution in [-0.2, 0) is 0 Å². The first kappa shape index (κ1) is 13.2. The molecule has 1 aromatic heterocycles. The maximum absolute atomic E-state index is 6.21. The number of aryl methyl sites for hydroxylation is 1. The second kappa shape index (κ2) is 5.31. The molecule has 1 N–H and O–H groups in total. The number of imidazole rings is 1. The van der Waals surface area contributed by atoms with Crippen LogP contribution >= 0.6 is 23.2 Å². The van der Waals surface area contributed by atoms with Crippen LogP contribution in [0, 0.1) is 6.92 Å². The third kappa shape index (κ3) is 2.45. The van der Waals surface area contributed by atoms with Crippen LogP contribution in [0.4, 0.5) is 0 Å². The number of halogens is 2. The number of aromatic nitrogens is 2. The number of hydrogen-bond acceptors (Lipinski definition) is 1. The zero-order chi connectivity index (χ0) is 14.1. The second-order valence-electron chi connectivity index (χ2n) is 4.58. The summed E-state index contributed by atoms with van der Waals surface area (Å²) in [6.45, 7) is 2.07. The predicted octanol–water partition coefficient (Wildman–Crippen LogP) is 5.36. The normalized spacial score (nSPS) is 10.8. The minimum Gasteiger partial charge on any atom is -0.338 e. The largest absolute Gasteiger partial charge is 0.338 e. The van der Waals surface area contributed by atoms with Gasteiger partial charge in [-0.1, -0.05) is 47.5 Å². The standard InChI is InChI=1S/C16H12Cl2N2/c1-10-4-2-3-5-12(10)15-9-19-16(20-15)13-7-6-11(17)8-14(13)18/h2-9H,1H3,(H,19,20). The molecule has 0 saturated heterocycles. The van der Waals surface area contributed by atoms with Crippen molar-refractivity contribution in [3.63, 3.8) is 0 Å². The van der Waals surface area contributed by atoms with Crippen molar-refractivity contribution in [1.82, 2.24) is 9.97 Å². The third-order valence-corrected chi connectivity index (χ3v) is 3.75. The lowest BCUT2D eigenvalue weighted by atomic mass is 10.1. The summed E-state index contributed by atoms with van der Waals surface area (Å²) in [7, 11) is 0. The highest BCUT2D eigenvalue weighted by Crippen LogP contribution is 2.30. The van der Waals surface area contributed by atoms with Crippen molar-refractivity contribution < 1.29 is 0 Å². The first-order valence-corrected chi connectivity index (χ1v) is 6.97. The molecule has 3 aromatic rings. The molecule has 2 aromatic carbocycles. The van der Waals surface area contributed by atoms with E-state index in [1.165, 1.54) is 5.56 Å². The summed E-state index contributed by atoms with van der Waals surface area (Å²) in [6, 6.07) is 13.6. The molecular formula is C16H12Cl2N2. The summed E-state index contributed by atoms with van der Waals surface area (Å²) in [6.07, 6.45) is 1.82. The number of aromatic amines is 1. The van der Waals surface area contributed by atoms with Crippen LogP contribution in [0.3, 0.4) is 0 Å². The molecule has 0 saturated carbocycles. The average Bonchev–Trinajstić information content (AvgIpc) is 2.88. The molecule has 20 heavy (non-hydrogen) atoms. The van der Waals surface area contributed by atoms with E-state index in [1.807, 2.05) is 24.4 Å². The highest BCUT2D eigenvalue weighted by Gasteiger charge is 2.10. The fourth-order valence-electron chi connectivity index (χ4n) is 2.15. The van der Waals surface area contributed by atoms with E-state index in [2.05, 4.69) is 29.0 Å². The van der Waals surface area contributed by atoms with Gasteiger partial charge in [-0.25, -0.2) is 4.98 Å². The molecule has 4 heteroatoms. The fourth-order valence-corrected chi connectivity index (χ4v) is 2.65. The number of rotatable bonds is 2. The summed E-state index contributed by atoms with van der Waals surface area (Å²) < 4.78 is 0. The molecular weight excluding hydrogens is 291 g/mol. The van der Waals surface area contributed by atoms with E-state index >= 15 is 0 Å². The predicted molar refractivity (Wildman–Crippen MR) is 84.2 cm³/mol.